The van der Waals surface area contributed by atoms with Crippen molar-refractivity contribution in [3.8, 4) is 11.5 Å². The molecular weight excluding hydrogens is 254 g/mol. The molecule has 1 aliphatic heterocycles. The molecule has 0 aliphatic carbocycles. The van der Waals surface area contributed by atoms with Gasteiger partial charge in [-0.25, -0.2) is 0 Å². The van der Waals surface area contributed by atoms with Crippen molar-refractivity contribution in [2.24, 2.45) is 0 Å². The first-order valence-electron chi connectivity index (χ1n) is 7.41. The molecule has 0 fully saturated rings. The van der Waals surface area contributed by atoms with Crippen LogP contribution in [0.15, 0.2) is 12.1 Å². The van der Waals surface area contributed by atoms with Crippen LogP contribution in [0.1, 0.15) is 43.9 Å². The molecule has 2 atom stereocenters. The first kappa shape index (κ1) is 15.1. The van der Waals surface area contributed by atoms with Gasteiger partial charge in [0.15, 0.2) is 0 Å². The van der Waals surface area contributed by atoms with Crippen LogP contribution in [0.25, 0.3) is 0 Å². The second-order valence-electron chi connectivity index (χ2n) is 5.35. The number of aliphatic hydroxyl groups excluding tert-OH is 1. The molecule has 0 saturated heterocycles. The summed E-state index contributed by atoms with van der Waals surface area (Å²) in [7, 11) is 1.69. The molecule has 0 amide bonds. The summed E-state index contributed by atoms with van der Waals surface area (Å²) in [5.74, 6) is 1.83. The average molecular weight is 279 g/mol. The number of hydrogen-bond donors (Lipinski definition) is 2. The third-order valence-electron chi connectivity index (χ3n) is 3.68. The number of fused-ring (bicyclic) bond motifs is 1. The van der Waals surface area contributed by atoms with E-state index in [9.17, 15) is 5.11 Å². The quantitative estimate of drug-likeness (QED) is 0.805. The van der Waals surface area contributed by atoms with Crippen LogP contribution >= 0.6 is 0 Å². The van der Waals surface area contributed by atoms with Crippen molar-refractivity contribution < 1.29 is 14.6 Å². The molecule has 1 heterocycles. The molecule has 112 valence electrons. The zero-order chi connectivity index (χ0) is 14.5. The van der Waals surface area contributed by atoms with Gasteiger partial charge in [0.05, 0.1) is 7.11 Å². The standard InChI is InChI=1S/C16H25NO3/c1-4-6-17-14(5-7-18)13-10-15-12(8-11(2)20-15)9-16(13)19-3/h9-11,14,17-18H,4-8H2,1-3H3. The Kier molecular flexibility index (Phi) is 5.26. The number of benzene rings is 1. The van der Waals surface area contributed by atoms with Crippen LogP contribution in [0.4, 0.5) is 0 Å². The molecule has 2 unspecified atom stereocenters. The zero-order valence-corrected chi connectivity index (χ0v) is 12.6. The normalized spacial score (nSPS) is 18.5. The summed E-state index contributed by atoms with van der Waals surface area (Å²) in [6, 6.07) is 4.24. The van der Waals surface area contributed by atoms with Gasteiger partial charge in [-0.1, -0.05) is 6.92 Å². The van der Waals surface area contributed by atoms with Gasteiger partial charge in [0.25, 0.3) is 0 Å². The maximum absolute atomic E-state index is 9.28. The van der Waals surface area contributed by atoms with Crippen LogP contribution in [0.5, 0.6) is 11.5 Å². The Bertz CT molecular complexity index is 448. The Balaban J connectivity index is 2.30. The lowest BCUT2D eigenvalue weighted by Crippen LogP contribution is -2.23. The molecule has 4 heteroatoms. The van der Waals surface area contributed by atoms with Crippen molar-refractivity contribution in [3.05, 3.63) is 23.3 Å². The second kappa shape index (κ2) is 6.95. The summed E-state index contributed by atoms with van der Waals surface area (Å²) in [6.45, 7) is 5.28. The van der Waals surface area contributed by atoms with Gasteiger partial charge in [0, 0.05) is 30.2 Å². The molecule has 0 spiro atoms. The molecular formula is C16H25NO3. The third-order valence-corrected chi connectivity index (χ3v) is 3.68. The summed E-state index contributed by atoms with van der Waals surface area (Å²) in [5.41, 5.74) is 2.28. The molecule has 2 N–H and O–H groups in total. The molecule has 0 bridgehead atoms. The van der Waals surface area contributed by atoms with E-state index in [0.29, 0.717) is 6.42 Å². The second-order valence-corrected chi connectivity index (χ2v) is 5.35. The minimum Gasteiger partial charge on any atom is -0.496 e. The lowest BCUT2D eigenvalue weighted by Gasteiger charge is -2.21. The SMILES string of the molecule is CCCNC(CCO)c1cc2c(cc1OC)CC(C)O2. The van der Waals surface area contributed by atoms with Gasteiger partial charge in [0.1, 0.15) is 17.6 Å². The van der Waals surface area contributed by atoms with E-state index in [1.54, 1.807) is 7.11 Å². The number of ether oxygens (including phenoxy) is 2. The van der Waals surface area contributed by atoms with E-state index in [1.165, 1.54) is 5.56 Å². The summed E-state index contributed by atoms with van der Waals surface area (Å²) >= 11 is 0. The van der Waals surface area contributed by atoms with E-state index in [-0.39, 0.29) is 18.8 Å². The van der Waals surface area contributed by atoms with Crippen molar-refractivity contribution >= 4 is 0 Å². The monoisotopic (exact) mass is 279 g/mol. The first-order chi connectivity index (χ1) is 9.69. The summed E-state index contributed by atoms with van der Waals surface area (Å²) < 4.78 is 11.4. The topological polar surface area (TPSA) is 50.7 Å². The molecule has 0 aromatic heterocycles. The molecule has 1 aromatic rings. The van der Waals surface area contributed by atoms with E-state index < -0.39 is 0 Å². The highest BCUT2D eigenvalue weighted by atomic mass is 16.5. The zero-order valence-electron chi connectivity index (χ0n) is 12.6. The molecule has 0 saturated carbocycles. The lowest BCUT2D eigenvalue weighted by molar-refractivity contribution is 0.252. The number of nitrogens with one attached hydrogen (secondary N) is 1. The van der Waals surface area contributed by atoms with Gasteiger partial charge >= 0.3 is 0 Å². The van der Waals surface area contributed by atoms with Gasteiger partial charge in [0.2, 0.25) is 0 Å². The molecule has 2 rings (SSSR count). The van der Waals surface area contributed by atoms with E-state index in [2.05, 4.69) is 31.3 Å². The van der Waals surface area contributed by atoms with E-state index in [4.69, 9.17) is 9.47 Å². The highest BCUT2D eigenvalue weighted by Crippen LogP contribution is 2.38. The molecule has 1 aromatic carbocycles. The molecule has 0 radical (unpaired) electrons. The van der Waals surface area contributed by atoms with Crippen LogP contribution in [0.2, 0.25) is 0 Å². The van der Waals surface area contributed by atoms with Crippen molar-refractivity contribution in [1.82, 2.24) is 5.32 Å². The Hall–Kier alpha value is -1.26. The predicted octanol–water partition coefficient (Wildman–Crippen LogP) is 2.44. The van der Waals surface area contributed by atoms with Crippen LogP contribution in [0.3, 0.4) is 0 Å². The Morgan fingerprint density at radius 3 is 2.95 bits per heavy atom. The highest BCUT2D eigenvalue weighted by Gasteiger charge is 2.24. The van der Waals surface area contributed by atoms with E-state index in [0.717, 1.165) is 36.4 Å². The summed E-state index contributed by atoms with van der Waals surface area (Å²) in [5, 5.41) is 12.8. The highest BCUT2D eigenvalue weighted by molar-refractivity contribution is 5.50. The minimum absolute atomic E-state index is 0.0970. The van der Waals surface area contributed by atoms with E-state index >= 15 is 0 Å². The van der Waals surface area contributed by atoms with Gasteiger partial charge in [-0.15, -0.1) is 0 Å². The molecule has 20 heavy (non-hydrogen) atoms. The van der Waals surface area contributed by atoms with Crippen LogP contribution in [-0.4, -0.2) is 31.5 Å². The summed E-state index contributed by atoms with van der Waals surface area (Å²) in [4.78, 5) is 0. The summed E-state index contributed by atoms with van der Waals surface area (Å²) in [6.07, 6.45) is 2.89. The van der Waals surface area contributed by atoms with E-state index in [1.807, 2.05) is 0 Å². The maximum Gasteiger partial charge on any atom is 0.124 e. The maximum atomic E-state index is 9.28. The minimum atomic E-state index is 0.0970. The van der Waals surface area contributed by atoms with Gasteiger partial charge in [-0.3, -0.25) is 0 Å². The predicted molar refractivity (Wildman–Crippen MR) is 79.5 cm³/mol. The van der Waals surface area contributed by atoms with Crippen molar-refractivity contribution in [1.29, 1.82) is 0 Å². The van der Waals surface area contributed by atoms with Crippen molar-refractivity contribution in [2.45, 2.75) is 45.3 Å². The van der Waals surface area contributed by atoms with Gasteiger partial charge in [-0.2, -0.15) is 0 Å². The average Bonchev–Trinajstić information content (AvgIpc) is 2.81. The van der Waals surface area contributed by atoms with Crippen molar-refractivity contribution in [2.75, 3.05) is 20.3 Å². The van der Waals surface area contributed by atoms with Crippen LogP contribution in [0, 0.1) is 0 Å². The smallest absolute Gasteiger partial charge is 0.124 e. The number of hydrogen-bond acceptors (Lipinski definition) is 4. The van der Waals surface area contributed by atoms with Crippen molar-refractivity contribution in [3.63, 3.8) is 0 Å². The fourth-order valence-corrected chi connectivity index (χ4v) is 2.72. The fraction of sp³-hybridized carbons (Fsp3) is 0.625. The number of rotatable bonds is 7. The molecule has 1 aliphatic rings. The van der Waals surface area contributed by atoms with Gasteiger partial charge < -0.3 is 19.9 Å². The van der Waals surface area contributed by atoms with Crippen LogP contribution < -0.4 is 14.8 Å². The lowest BCUT2D eigenvalue weighted by atomic mass is 9.99. The van der Waals surface area contributed by atoms with Gasteiger partial charge in [-0.05, 0) is 38.4 Å². The molecule has 4 nitrogen and oxygen atoms in total. The fourth-order valence-electron chi connectivity index (χ4n) is 2.72. The van der Waals surface area contributed by atoms with Crippen LogP contribution in [-0.2, 0) is 6.42 Å². The largest absolute Gasteiger partial charge is 0.496 e. The number of aliphatic hydroxyl groups is 1. The first-order valence-corrected chi connectivity index (χ1v) is 7.41. The Morgan fingerprint density at radius 2 is 2.30 bits per heavy atom. The Labute approximate surface area is 121 Å². The number of methoxy groups -OCH3 is 1. The Morgan fingerprint density at radius 1 is 1.50 bits per heavy atom. The third kappa shape index (κ3) is 3.25.